The lowest BCUT2D eigenvalue weighted by Crippen LogP contribution is -2.09. The number of nitrogens with two attached hydrogens (primary N) is 1. The topological polar surface area (TPSA) is 55.5 Å². The van der Waals surface area contributed by atoms with Crippen LogP contribution in [-0.4, -0.2) is 11.7 Å². The zero-order valence-corrected chi connectivity index (χ0v) is 11.2. The zero-order valence-electron chi connectivity index (χ0n) is 10.4. The van der Waals surface area contributed by atoms with E-state index >= 15 is 0 Å². The van der Waals surface area contributed by atoms with Crippen molar-refractivity contribution in [3.05, 3.63) is 64.7 Å². The Labute approximate surface area is 117 Å². The van der Waals surface area contributed by atoms with Crippen molar-refractivity contribution in [2.75, 3.05) is 6.61 Å². The average molecular weight is 278 g/mol. The van der Waals surface area contributed by atoms with Gasteiger partial charge in [-0.1, -0.05) is 48.0 Å². The number of aliphatic hydroxyl groups excluding tert-OH is 1. The molecule has 2 aromatic carbocycles. The number of ether oxygens (including phenoxy) is 1. The van der Waals surface area contributed by atoms with Gasteiger partial charge in [-0.15, -0.1) is 0 Å². The van der Waals surface area contributed by atoms with E-state index in [-0.39, 0.29) is 6.61 Å². The summed E-state index contributed by atoms with van der Waals surface area (Å²) in [6.45, 7) is 0.596. The van der Waals surface area contributed by atoms with Gasteiger partial charge in [-0.2, -0.15) is 0 Å². The van der Waals surface area contributed by atoms with Crippen LogP contribution in [0.5, 0.6) is 5.75 Å². The van der Waals surface area contributed by atoms with E-state index in [1.165, 1.54) is 0 Å². The monoisotopic (exact) mass is 277 g/mol. The number of hydrogen-bond acceptors (Lipinski definition) is 3. The number of benzene rings is 2. The molecule has 0 radical (unpaired) electrons. The molecule has 3 nitrogen and oxygen atoms in total. The minimum atomic E-state index is -0.675. The fourth-order valence-corrected chi connectivity index (χ4v) is 1.99. The Kier molecular flexibility index (Phi) is 4.80. The first-order valence-electron chi connectivity index (χ1n) is 6.05. The van der Waals surface area contributed by atoms with E-state index in [4.69, 9.17) is 22.1 Å². The lowest BCUT2D eigenvalue weighted by Gasteiger charge is -2.14. The minimum Gasteiger partial charge on any atom is -0.489 e. The van der Waals surface area contributed by atoms with Gasteiger partial charge in [0.15, 0.2) is 0 Å². The summed E-state index contributed by atoms with van der Waals surface area (Å²) in [4.78, 5) is 0. The minimum absolute atomic E-state index is 0.158. The first-order chi connectivity index (χ1) is 9.20. The highest BCUT2D eigenvalue weighted by atomic mass is 35.5. The van der Waals surface area contributed by atoms with Crippen molar-refractivity contribution >= 4 is 11.6 Å². The first-order valence-corrected chi connectivity index (χ1v) is 6.43. The summed E-state index contributed by atoms with van der Waals surface area (Å²) < 4.78 is 5.53. The summed E-state index contributed by atoms with van der Waals surface area (Å²) in [6.07, 6.45) is -0.675. The predicted molar refractivity (Wildman–Crippen MR) is 76.2 cm³/mol. The molecule has 2 aromatic rings. The molecule has 4 heteroatoms. The van der Waals surface area contributed by atoms with Crippen molar-refractivity contribution in [2.24, 2.45) is 5.73 Å². The summed E-state index contributed by atoms with van der Waals surface area (Å²) >= 11 is 6.08. The highest BCUT2D eigenvalue weighted by molar-refractivity contribution is 6.32. The van der Waals surface area contributed by atoms with Gasteiger partial charge in [-0.3, -0.25) is 0 Å². The van der Waals surface area contributed by atoms with Crippen LogP contribution in [0.2, 0.25) is 5.02 Å². The summed E-state index contributed by atoms with van der Waals surface area (Å²) in [6, 6.07) is 14.8. The van der Waals surface area contributed by atoms with E-state index in [0.717, 1.165) is 11.1 Å². The molecule has 2 rings (SSSR count). The molecule has 0 spiro atoms. The van der Waals surface area contributed by atoms with Crippen molar-refractivity contribution < 1.29 is 9.84 Å². The maximum absolute atomic E-state index is 9.99. The molecule has 0 aliphatic heterocycles. The SMILES string of the molecule is NCc1ccc(OCC(O)c2ccccc2)c(Cl)c1. The van der Waals surface area contributed by atoms with Crippen LogP contribution in [0.4, 0.5) is 0 Å². The Morgan fingerprint density at radius 2 is 1.89 bits per heavy atom. The Morgan fingerprint density at radius 1 is 1.16 bits per heavy atom. The second-order valence-corrected chi connectivity index (χ2v) is 4.61. The largest absolute Gasteiger partial charge is 0.489 e. The molecule has 0 bridgehead atoms. The van der Waals surface area contributed by atoms with Crippen LogP contribution in [0.1, 0.15) is 17.2 Å². The summed E-state index contributed by atoms with van der Waals surface area (Å²) in [5, 5.41) is 10.5. The first kappa shape index (κ1) is 13.9. The lowest BCUT2D eigenvalue weighted by molar-refractivity contribution is 0.108. The van der Waals surface area contributed by atoms with Gasteiger partial charge < -0.3 is 15.6 Å². The van der Waals surface area contributed by atoms with Crippen molar-refractivity contribution in [3.8, 4) is 5.75 Å². The van der Waals surface area contributed by atoms with Crippen molar-refractivity contribution in [1.82, 2.24) is 0 Å². The van der Waals surface area contributed by atoms with Gasteiger partial charge in [0.1, 0.15) is 18.5 Å². The standard InChI is InChI=1S/C15H16ClNO2/c16-13-8-11(9-17)6-7-15(13)19-10-14(18)12-4-2-1-3-5-12/h1-8,14,18H,9-10,17H2. The van der Waals surface area contributed by atoms with Crippen LogP contribution in [0.25, 0.3) is 0 Å². The van der Waals surface area contributed by atoms with Gasteiger partial charge in [-0.25, -0.2) is 0 Å². The van der Waals surface area contributed by atoms with Gasteiger partial charge in [0.2, 0.25) is 0 Å². The van der Waals surface area contributed by atoms with Crippen molar-refractivity contribution in [2.45, 2.75) is 12.6 Å². The third-order valence-electron chi connectivity index (χ3n) is 2.81. The number of halogens is 1. The lowest BCUT2D eigenvalue weighted by atomic mass is 10.1. The Hall–Kier alpha value is -1.55. The second-order valence-electron chi connectivity index (χ2n) is 4.21. The van der Waals surface area contributed by atoms with E-state index in [2.05, 4.69) is 0 Å². The molecule has 0 fully saturated rings. The molecule has 0 saturated heterocycles. The summed E-state index contributed by atoms with van der Waals surface area (Å²) in [7, 11) is 0. The fraction of sp³-hybridized carbons (Fsp3) is 0.200. The van der Waals surface area contributed by atoms with Crippen LogP contribution in [0, 0.1) is 0 Å². The van der Waals surface area contributed by atoms with Crippen LogP contribution in [-0.2, 0) is 6.54 Å². The van der Waals surface area contributed by atoms with Gasteiger partial charge in [-0.05, 0) is 23.3 Å². The Bertz CT molecular complexity index is 531. The molecular formula is C15H16ClNO2. The highest BCUT2D eigenvalue weighted by Crippen LogP contribution is 2.26. The number of aliphatic hydroxyl groups is 1. The van der Waals surface area contributed by atoms with Crippen LogP contribution < -0.4 is 10.5 Å². The number of hydrogen-bond donors (Lipinski definition) is 2. The van der Waals surface area contributed by atoms with E-state index in [9.17, 15) is 5.11 Å². The molecular weight excluding hydrogens is 262 g/mol. The highest BCUT2D eigenvalue weighted by Gasteiger charge is 2.09. The zero-order chi connectivity index (χ0) is 13.7. The van der Waals surface area contributed by atoms with E-state index in [1.54, 1.807) is 12.1 Å². The normalized spacial score (nSPS) is 12.2. The van der Waals surface area contributed by atoms with Crippen molar-refractivity contribution in [1.29, 1.82) is 0 Å². The third-order valence-corrected chi connectivity index (χ3v) is 3.11. The summed E-state index contributed by atoms with van der Waals surface area (Å²) in [5.41, 5.74) is 7.29. The smallest absolute Gasteiger partial charge is 0.138 e. The molecule has 3 N–H and O–H groups in total. The maximum atomic E-state index is 9.99. The van der Waals surface area contributed by atoms with Gasteiger partial charge in [0.25, 0.3) is 0 Å². The molecule has 19 heavy (non-hydrogen) atoms. The molecule has 100 valence electrons. The molecule has 1 unspecified atom stereocenters. The molecule has 0 heterocycles. The number of rotatable bonds is 5. The van der Waals surface area contributed by atoms with E-state index in [0.29, 0.717) is 17.3 Å². The van der Waals surface area contributed by atoms with Gasteiger partial charge in [0, 0.05) is 6.54 Å². The second kappa shape index (κ2) is 6.57. The van der Waals surface area contributed by atoms with E-state index < -0.39 is 6.10 Å². The molecule has 0 saturated carbocycles. The third kappa shape index (κ3) is 3.70. The van der Waals surface area contributed by atoms with Crippen LogP contribution in [0.3, 0.4) is 0 Å². The predicted octanol–water partition coefficient (Wildman–Crippen LogP) is 2.91. The van der Waals surface area contributed by atoms with Gasteiger partial charge in [0.05, 0.1) is 5.02 Å². The van der Waals surface area contributed by atoms with Gasteiger partial charge >= 0.3 is 0 Å². The quantitative estimate of drug-likeness (QED) is 0.883. The molecule has 0 aliphatic rings. The summed E-state index contributed by atoms with van der Waals surface area (Å²) in [5.74, 6) is 0.550. The molecule has 0 amide bonds. The average Bonchev–Trinajstić information content (AvgIpc) is 2.46. The van der Waals surface area contributed by atoms with Crippen LogP contribution >= 0.6 is 11.6 Å². The maximum Gasteiger partial charge on any atom is 0.138 e. The Morgan fingerprint density at radius 3 is 2.53 bits per heavy atom. The fourth-order valence-electron chi connectivity index (χ4n) is 1.73. The van der Waals surface area contributed by atoms with Crippen molar-refractivity contribution in [3.63, 3.8) is 0 Å². The molecule has 1 atom stereocenters. The van der Waals surface area contributed by atoms with E-state index in [1.807, 2.05) is 36.4 Å². The molecule has 0 aliphatic carbocycles. The Balaban J connectivity index is 1.99. The molecule has 0 aromatic heterocycles. The van der Waals surface area contributed by atoms with Crippen LogP contribution in [0.15, 0.2) is 48.5 Å².